The molecule has 5 heteroatoms. The van der Waals surface area contributed by atoms with Crippen molar-refractivity contribution in [2.45, 2.75) is 44.3 Å². The van der Waals surface area contributed by atoms with Gasteiger partial charge in [0, 0.05) is 17.5 Å². The lowest BCUT2D eigenvalue weighted by atomic mass is 9.98. The minimum Gasteiger partial charge on any atom is -0.392 e. The minimum absolute atomic E-state index is 0.0229. The predicted molar refractivity (Wildman–Crippen MR) is 80.3 cm³/mol. The Balaban J connectivity index is 1.72. The van der Waals surface area contributed by atoms with Gasteiger partial charge in [-0.05, 0) is 42.3 Å². The molecule has 1 aliphatic carbocycles. The fraction of sp³-hybridized carbons (Fsp3) is 0.533. The second-order valence-corrected chi connectivity index (χ2v) is 6.26. The lowest BCUT2D eigenvalue weighted by Crippen LogP contribution is -2.32. The maximum Gasteiger partial charge on any atom is 0.244 e. The van der Waals surface area contributed by atoms with Crippen LogP contribution in [0.2, 0.25) is 0 Å². The molecule has 1 aromatic heterocycles. The molecule has 0 aromatic carbocycles. The normalized spacial score (nSPS) is 17.7. The number of carbonyl (C=O) groups excluding carboxylic acids is 1. The zero-order valence-electron chi connectivity index (χ0n) is 11.5. The fourth-order valence-corrected chi connectivity index (χ4v) is 3.28. The van der Waals surface area contributed by atoms with Gasteiger partial charge in [-0.1, -0.05) is 12.8 Å². The Morgan fingerprint density at radius 3 is 2.85 bits per heavy atom. The molecule has 0 saturated heterocycles. The highest BCUT2D eigenvalue weighted by atomic mass is 32.1. The van der Waals surface area contributed by atoms with Gasteiger partial charge >= 0.3 is 0 Å². The van der Waals surface area contributed by atoms with Gasteiger partial charge in [-0.2, -0.15) is 0 Å². The number of hydrogen-bond donors (Lipinski definition) is 3. The van der Waals surface area contributed by atoms with Crippen LogP contribution < -0.4 is 5.32 Å². The highest BCUT2D eigenvalue weighted by molar-refractivity contribution is 7.11. The standard InChI is InChI=1S/C15H21NO3S/c17-10-12-9-13(20-11-12)3-4-14(18)16-8-7-15(19)5-1-2-6-15/h3-4,9,11,17,19H,1-2,5-8,10H2,(H,16,18). The summed E-state index contributed by atoms with van der Waals surface area (Å²) < 4.78 is 0. The summed E-state index contributed by atoms with van der Waals surface area (Å²) in [6, 6.07) is 1.86. The van der Waals surface area contributed by atoms with E-state index in [9.17, 15) is 9.90 Å². The van der Waals surface area contributed by atoms with E-state index < -0.39 is 5.60 Å². The molecule has 110 valence electrons. The molecule has 0 spiro atoms. The van der Waals surface area contributed by atoms with Crippen LogP contribution in [-0.4, -0.2) is 28.3 Å². The molecule has 2 rings (SSSR count). The van der Waals surface area contributed by atoms with E-state index in [-0.39, 0.29) is 12.5 Å². The Morgan fingerprint density at radius 2 is 2.20 bits per heavy atom. The van der Waals surface area contributed by atoms with Crippen LogP contribution in [0, 0.1) is 0 Å². The quantitative estimate of drug-likeness (QED) is 0.704. The maximum atomic E-state index is 11.6. The van der Waals surface area contributed by atoms with Gasteiger partial charge in [-0.3, -0.25) is 4.79 Å². The molecule has 0 aliphatic heterocycles. The van der Waals surface area contributed by atoms with Crippen LogP contribution in [0.5, 0.6) is 0 Å². The first kappa shape index (κ1) is 15.2. The molecule has 0 bridgehead atoms. The van der Waals surface area contributed by atoms with Crippen molar-refractivity contribution in [1.82, 2.24) is 5.32 Å². The number of aliphatic hydroxyl groups excluding tert-OH is 1. The average molecular weight is 295 g/mol. The summed E-state index contributed by atoms with van der Waals surface area (Å²) >= 11 is 1.49. The van der Waals surface area contributed by atoms with Crippen molar-refractivity contribution >= 4 is 23.3 Å². The lowest BCUT2D eigenvalue weighted by molar-refractivity contribution is -0.116. The first-order valence-corrected chi connectivity index (χ1v) is 7.86. The molecule has 20 heavy (non-hydrogen) atoms. The van der Waals surface area contributed by atoms with E-state index in [1.54, 1.807) is 6.08 Å². The van der Waals surface area contributed by atoms with Crippen molar-refractivity contribution in [3.63, 3.8) is 0 Å². The van der Waals surface area contributed by atoms with Crippen molar-refractivity contribution in [2.75, 3.05) is 6.54 Å². The fourth-order valence-electron chi connectivity index (χ4n) is 2.48. The second kappa shape index (κ2) is 7.02. The van der Waals surface area contributed by atoms with Crippen LogP contribution in [0.15, 0.2) is 17.5 Å². The van der Waals surface area contributed by atoms with Crippen LogP contribution in [0.3, 0.4) is 0 Å². The number of rotatable bonds is 6. The summed E-state index contributed by atoms with van der Waals surface area (Å²) in [6.45, 7) is 0.529. The number of carbonyl (C=O) groups is 1. The van der Waals surface area contributed by atoms with E-state index in [0.717, 1.165) is 36.1 Å². The SMILES string of the molecule is O=C(C=Cc1cc(CO)cs1)NCCC1(O)CCCC1. The van der Waals surface area contributed by atoms with Crippen LogP contribution in [0.1, 0.15) is 42.5 Å². The molecule has 1 fully saturated rings. The molecular formula is C15H21NO3S. The van der Waals surface area contributed by atoms with Crippen molar-refractivity contribution < 1.29 is 15.0 Å². The van der Waals surface area contributed by atoms with Crippen molar-refractivity contribution in [3.8, 4) is 0 Å². The Labute approximate surface area is 123 Å². The average Bonchev–Trinajstić information content (AvgIpc) is 3.05. The topological polar surface area (TPSA) is 69.6 Å². The number of nitrogens with one attached hydrogen (secondary N) is 1. The first-order valence-electron chi connectivity index (χ1n) is 6.98. The van der Waals surface area contributed by atoms with Gasteiger partial charge in [0.15, 0.2) is 0 Å². The zero-order chi connectivity index (χ0) is 14.4. The molecule has 1 aliphatic rings. The second-order valence-electron chi connectivity index (χ2n) is 5.32. The largest absolute Gasteiger partial charge is 0.392 e. The van der Waals surface area contributed by atoms with Gasteiger partial charge in [0.1, 0.15) is 0 Å². The van der Waals surface area contributed by atoms with Gasteiger partial charge in [0.25, 0.3) is 0 Å². The molecule has 1 heterocycles. The Hall–Kier alpha value is -1.17. The highest BCUT2D eigenvalue weighted by Gasteiger charge is 2.30. The first-order chi connectivity index (χ1) is 9.61. The van der Waals surface area contributed by atoms with Gasteiger partial charge < -0.3 is 15.5 Å². The third-order valence-corrected chi connectivity index (χ3v) is 4.63. The molecule has 1 aromatic rings. The number of thiophene rings is 1. The maximum absolute atomic E-state index is 11.6. The summed E-state index contributed by atoms with van der Waals surface area (Å²) in [5, 5.41) is 23.8. The lowest BCUT2D eigenvalue weighted by Gasteiger charge is -2.21. The van der Waals surface area contributed by atoms with Crippen molar-refractivity contribution in [1.29, 1.82) is 0 Å². The van der Waals surface area contributed by atoms with E-state index in [4.69, 9.17) is 5.11 Å². The van der Waals surface area contributed by atoms with Crippen molar-refractivity contribution in [3.05, 3.63) is 28.0 Å². The van der Waals surface area contributed by atoms with Crippen LogP contribution in [-0.2, 0) is 11.4 Å². The van der Waals surface area contributed by atoms with E-state index in [0.29, 0.717) is 13.0 Å². The van der Waals surface area contributed by atoms with Crippen LogP contribution in [0.25, 0.3) is 6.08 Å². The number of amides is 1. The summed E-state index contributed by atoms with van der Waals surface area (Å²) in [4.78, 5) is 12.6. The van der Waals surface area contributed by atoms with E-state index in [2.05, 4.69) is 5.32 Å². The smallest absolute Gasteiger partial charge is 0.244 e. The predicted octanol–water partition coefficient (Wildman–Crippen LogP) is 2.06. The number of aliphatic hydroxyl groups is 2. The van der Waals surface area contributed by atoms with Gasteiger partial charge in [0.2, 0.25) is 5.91 Å². The molecule has 1 saturated carbocycles. The van der Waals surface area contributed by atoms with E-state index >= 15 is 0 Å². The highest BCUT2D eigenvalue weighted by Crippen LogP contribution is 2.31. The third-order valence-electron chi connectivity index (χ3n) is 3.68. The zero-order valence-corrected chi connectivity index (χ0v) is 12.3. The van der Waals surface area contributed by atoms with Crippen LogP contribution >= 0.6 is 11.3 Å². The van der Waals surface area contributed by atoms with Crippen molar-refractivity contribution in [2.24, 2.45) is 0 Å². The molecule has 0 radical (unpaired) electrons. The molecule has 4 nitrogen and oxygen atoms in total. The summed E-state index contributed by atoms with van der Waals surface area (Å²) in [7, 11) is 0. The Morgan fingerprint density at radius 1 is 1.45 bits per heavy atom. The van der Waals surface area contributed by atoms with Gasteiger partial charge in [-0.15, -0.1) is 11.3 Å². The molecular weight excluding hydrogens is 274 g/mol. The molecule has 3 N–H and O–H groups in total. The van der Waals surface area contributed by atoms with E-state index in [1.165, 1.54) is 17.4 Å². The molecule has 0 atom stereocenters. The van der Waals surface area contributed by atoms with Gasteiger partial charge in [0.05, 0.1) is 12.2 Å². The van der Waals surface area contributed by atoms with Crippen LogP contribution in [0.4, 0.5) is 0 Å². The number of hydrogen-bond acceptors (Lipinski definition) is 4. The summed E-state index contributed by atoms with van der Waals surface area (Å²) in [5.74, 6) is -0.148. The molecule has 1 amide bonds. The monoisotopic (exact) mass is 295 g/mol. The Kier molecular flexibility index (Phi) is 5.34. The Bertz CT molecular complexity index is 475. The minimum atomic E-state index is -0.569. The third kappa shape index (κ3) is 4.44. The van der Waals surface area contributed by atoms with E-state index in [1.807, 2.05) is 11.4 Å². The summed E-state index contributed by atoms with van der Waals surface area (Å²) in [5.41, 5.74) is 0.291. The molecule has 0 unspecified atom stereocenters. The van der Waals surface area contributed by atoms with Gasteiger partial charge in [-0.25, -0.2) is 0 Å². The summed E-state index contributed by atoms with van der Waals surface area (Å²) in [6.07, 6.45) is 7.71.